The molecule has 0 atom stereocenters. The number of hydrogen-bond donors (Lipinski definition) is 0. The van der Waals surface area contributed by atoms with E-state index in [4.69, 9.17) is 4.74 Å². The molecular weight excluding hydrogens is 344 g/mol. The zero-order chi connectivity index (χ0) is 19.9. The van der Waals surface area contributed by atoms with Crippen molar-refractivity contribution in [1.29, 1.82) is 0 Å². The van der Waals surface area contributed by atoms with Crippen LogP contribution in [0.3, 0.4) is 0 Å². The van der Waals surface area contributed by atoms with Gasteiger partial charge >= 0.3 is 5.97 Å². The first-order valence-corrected chi connectivity index (χ1v) is 9.03. The van der Waals surface area contributed by atoms with Crippen LogP contribution in [0, 0.1) is 0 Å². The number of rotatable bonds is 6. The second-order valence-electron chi connectivity index (χ2n) is 6.54. The Balaban J connectivity index is 1.65. The van der Waals surface area contributed by atoms with Gasteiger partial charge in [0.25, 0.3) is 0 Å². The van der Waals surface area contributed by atoms with Gasteiger partial charge in [-0.3, -0.25) is 0 Å². The summed E-state index contributed by atoms with van der Waals surface area (Å²) >= 11 is 0. The third kappa shape index (κ3) is 4.95. The molecule has 0 aliphatic heterocycles. The van der Waals surface area contributed by atoms with Gasteiger partial charge in [0, 0.05) is 5.57 Å². The Bertz CT molecular complexity index is 1010. The number of ether oxygens (including phenoxy) is 1. The van der Waals surface area contributed by atoms with Crippen LogP contribution in [0.5, 0.6) is 5.75 Å². The van der Waals surface area contributed by atoms with Crippen LogP contribution in [-0.2, 0) is 4.79 Å². The average molecular weight is 366 g/mol. The smallest absolute Gasteiger partial charge is 0.338 e. The first kappa shape index (κ1) is 19.1. The number of esters is 1. The molecule has 0 bridgehead atoms. The van der Waals surface area contributed by atoms with Crippen LogP contribution in [0.4, 0.5) is 0 Å². The molecule has 2 nitrogen and oxygen atoms in total. The highest BCUT2D eigenvalue weighted by Crippen LogP contribution is 2.23. The van der Waals surface area contributed by atoms with Crippen molar-refractivity contribution >= 4 is 17.6 Å². The number of benzene rings is 3. The summed E-state index contributed by atoms with van der Waals surface area (Å²) in [5.41, 5.74) is 5.75. The Kier molecular flexibility index (Phi) is 6.03. The highest BCUT2D eigenvalue weighted by molar-refractivity contribution is 5.88. The maximum Gasteiger partial charge on any atom is 0.338 e. The molecule has 3 aromatic carbocycles. The Morgan fingerprint density at radius 2 is 1.43 bits per heavy atom. The topological polar surface area (TPSA) is 26.3 Å². The van der Waals surface area contributed by atoms with Crippen LogP contribution in [0.15, 0.2) is 104 Å². The molecule has 28 heavy (non-hydrogen) atoms. The summed E-state index contributed by atoms with van der Waals surface area (Å²) in [4.78, 5) is 11.5. The Hall–Kier alpha value is -3.65. The van der Waals surface area contributed by atoms with E-state index in [1.54, 1.807) is 19.1 Å². The van der Waals surface area contributed by atoms with Gasteiger partial charge < -0.3 is 4.74 Å². The highest BCUT2D eigenvalue weighted by Gasteiger charge is 2.04. The van der Waals surface area contributed by atoms with E-state index in [2.05, 4.69) is 49.6 Å². The molecule has 0 unspecified atom stereocenters. The van der Waals surface area contributed by atoms with E-state index < -0.39 is 5.97 Å². The summed E-state index contributed by atoms with van der Waals surface area (Å²) in [5, 5.41) is 0. The molecule has 0 fully saturated rings. The fraction of sp³-hybridized carbons (Fsp3) is 0.0385. The predicted octanol–water partition coefficient (Wildman–Crippen LogP) is 6.56. The lowest BCUT2D eigenvalue weighted by atomic mass is 10.0. The molecule has 3 rings (SSSR count). The summed E-state index contributed by atoms with van der Waals surface area (Å²) < 4.78 is 5.19. The summed E-state index contributed by atoms with van der Waals surface area (Å²) in [5.74, 6) is 0.0797. The third-order valence-corrected chi connectivity index (χ3v) is 4.28. The van der Waals surface area contributed by atoms with Gasteiger partial charge in [-0.1, -0.05) is 92.0 Å². The number of hydrogen-bond acceptors (Lipinski definition) is 2. The first-order valence-electron chi connectivity index (χ1n) is 9.03. The summed E-state index contributed by atoms with van der Waals surface area (Å²) in [6, 6.07) is 26.0. The van der Waals surface area contributed by atoms with Crippen molar-refractivity contribution < 1.29 is 9.53 Å². The third-order valence-electron chi connectivity index (χ3n) is 4.28. The molecule has 2 heteroatoms. The molecule has 0 aliphatic rings. The minimum absolute atomic E-state index is 0.374. The summed E-state index contributed by atoms with van der Waals surface area (Å²) in [6.07, 6.45) is 3.96. The number of carbonyl (C=O) groups excluding carboxylic acids is 1. The minimum Gasteiger partial charge on any atom is -0.423 e. The molecule has 0 heterocycles. The molecule has 0 aliphatic carbocycles. The standard InChI is InChI=1S/C26H22O2/c1-19(2)26(27)28-25-17-11-21(12-18-25)10-9-20(3)22-13-15-24(16-14-22)23-7-5-4-6-8-23/h4-18H,1,3H2,2H3. The Morgan fingerprint density at radius 3 is 2.04 bits per heavy atom. The second-order valence-corrected chi connectivity index (χ2v) is 6.54. The SMILES string of the molecule is C=C(C)C(=O)Oc1ccc(C=CC(=C)c2ccc(-c3ccccc3)cc2)cc1. The lowest BCUT2D eigenvalue weighted by molar-refractivity contribution is -0.130. The van der Waals surface area contributed by atoms with Crippen LogP contribution in [0.25, 0.3) is 22.8 Å². The molecule has 0 amide bonds. The molecule has 0 saturated carbocycles. The van der Waals surface area contributed by atoms with Crippen molar-refractivity contribution in [3.05, 3.63) is 115 Å². The van der Waals surface area contributed by atoms with Crippen LogP contribution >= 0.6 is 0 Å². The Morgan fingerprint density at radius 1 is 0.821 bits per heavy atom. The van der Waals surface area contributed by atoms with Crippen LogP contribution in [0.1, 0.15) is 18.1 Å². The molecule has 138 valence electrons. The fourth-order valence-electron chi connectivity index (χ4n) is 2.64. The zero-order valence-electron chi connectivity index (χ0n) is 15.9. The van der Waals surface area contributed by atoms with Gasteiger partial charge in [0.1, 0.15) is 5.75 Å². The van der Waals surface area contributed by atoms with E-state index in [1.165, 1.54) is 11.1 Å². The van der Waals surface area contributed by atoms with Crippen LogP contribution in [0.2, 0.25) is 0 Å². The van der Waals surface area contributed by atoms with E-state index in [0.29, 0.717) is 11.3 Å². The normalized spacial score (nSPS) is 10.6. The molecule has 0 radical (unpaired) electrons. The summed E-state index contributed by atoms with van der Waals surface area (Å²) in [7, 11) is 0. The van der Waals surface area contributed by atoms with E-state index in [0.717, 1.165) is 16.7 Å². The van der Waals surface area contributed by atoms with Crippen LogP contribution < -0.4 is 4.74 Å². The maximum absolute atomic E-state index is 11.5. The zero-order valence-corrected chi connectivity index (χ0v) is 15.9. The van der Waals surface area contributed by atoms with Gasteiger partial charge in [-0.15, -0.1) is 0 Å². The van der Waals surface area contributed by atoms with Gasteiger partial charge in [-0.25, -0.2) is 4.79 Å². The van der Waals surface area contributed by atoms with Gasteiger partial charge in [0.15, 0.2) is 0 Å². The lowest BCUT2D eigenvalue weighted by Gasteiger charge is -2.05. The largest absolute Gasteiger partial charge is 0.423 e. The van der Waals surface area contributed by atoms with Crippen molar-refractivity contribution in [2.24, 2.45) is 0 Å². The lowest BCUT2D eigenvalue weighted by Crippen LogP contribution is -2.07. The minimum atomic E-state index is -0.421. The van der Waals surface area contributed by atoms with Gasteiger partial charge in [-0.2, -0.15) is 0 Å². The van der Waals surface area contributed by atoms with Crippen molar-refractivity contribution in [3.63, 3.8) is 0 Å². The highest BCUT2D eigenvalue weighted by atomic mass is 16.5. The predicted molar refractivity (Wildman–Crippen MR) is 117 cm³/mol. The van der Waals surface area contributed by atoms with Crippen molar-refractivity contribution in [1.82, 2.24) is 0 Å². The molecular formula is C26H22O2. The summed E-state index contributed by atoms with van der Waals surface area (Å²) in [6.45, 7) is 9.35. The quantitative estimate of drug-likeness (QED) is 0.214. The monoisotopic (exact) mass is 366 g/mol. The van der Waals surface area contributed by atoms with Gasteiger partial charge in [0.2, 0.25) is 0 Å². The van der Waals surface area contributed by atoms with E-state index in [9.17, 15) is 4.79 Å². The second kappa shape index (κ2) is 8.83. The number of allylic oxidation sites excluding steroid dienone is 2. The van der Waals surface area contributed by atoms with E-state index in [1.807, 2.05) is 42.5 Å². The molecule has 0 saturated heterocycles. The van der Waals surface area contributed by atoms with Crippen molar-refractivity contribution in [2.45, 2.75) is 6.92 Å². The Labute approximate surface area is 166 Å². The number of carbonyl (C=O) groups is 1. The van der Waals surface area contributed by atoms with Crippen molar-refractivity contribution in [2.75, 3.05) is 0 Å². The average Bonchev–Trinajstić information content (AvgIpc) is 2.73. The molecule has 0 spiro atoms. The molecule has 0 aromatic heterocycles. The first-order chi connectivity index (χ1) is 13.5. The van der Waals surface area contributed by atoms with E-state index >= 15 is 0 Å². The van der Waals surface area contributed by atoms with Crippen molar-refractivity contribution in [3.8, 4) is 16.9 Å². The van der Waals surface area contributed by atoms with E-state index in [-0.39, 0.29) is 0 Å². The fourth-order valence-corrected chi connectivity index (χ4v) is 2.64. The molecule has 0 N–H and O–H groups in total. The van der Waals surface area contributed by atoms with Gasteiger partial charge in [-0.05, 0) is 46.9 Å². The maximum atomic E-state index is 11.5. The molecule has 3 aromatic rings. The van der Waals surface area contributed by atoms with Gasteiger partial charge in [0.05, 0.1) is 0 Å². The van der Waals surface area contributed by atoms with Crippen LogP contribution in [-0.4, -0.2) is 5.97 Å².